The van der Waals surface area contributed by atoms with Gasteiger partial charge in [-0.05, 0) is 98.8 Å². The average molecular weight is 772 g/mol. The summed E-state index contributed by atoms with van der Waals surface area (Å²) in [6.07, 6.45) is 6.35. The van der Waals surface area contributed by atoms with Gasteiger partial charge in [0.05, 0.1) is 17.0 Å². The summed E-state index contributed by atoms with van der Waals surface area (Å²) in [7, 11) is -2.09. The molecule has 16 heteroatoms. The van der Waals surface area contributed by atoms with Gasteiger partial charge in [0, 0.05) is 68.1 Å². The van der Waals surface area contributed by atoms with Crippen LogP contribution >= 0.6 is 0 Å². The highest BCUT2D eigenvalue weighted by atomic mass is 32.2. The van der Waals surface area contributed by atoms with Crippen LogP contribution in [0.25, 0.3) is 10.9 Å². The van der Waals surface area contributed by atoms with Crippen molar-refractivity contribution in [3.63, 3.8) is 0 Å². The number of carbonyl (C=O) groups excluding carboxylic acids is 2. The Morgan fingerprint density at radius 2 is 1.64 bits per heavy atom. The Morgan fingerprint density at radius 1 is 0.909 bits per heavy atom. The van der Waals surface area contributed by atoms with Crippen LogP contribution in [0.1, 0.15) is 85.5 Å². The second-order valence-corrected chi connectivity index (χ2v) is 16.8. The number of nitrogens with zero attached hydrogens (tertiary/aromatic N) is 7. The largest absolute Gasteiger partial charge is 0.351 e. The summed E-state index contributed by atoms with van der Waals surface area (Å²) < 4.78 is 58.5. The van der Waals surface area contributed by atoms with Crippen molar-refractivity contribution in [3.05, 3.63) is 71.0 Å². The summed E-state index contributed by atoms with van der Waals surface area (Å²) in [5, 5.41) is 11.1. The maximum absolute atomic E-state index is 14.0. The lowest BCUT2D eigenvalue weighted by molar-refractivity contribution is -0.120. The number of alkyl halides is 2. The minimum Gasteiger partial charge on any atom is -0.351 e. The zero-order valence-corrected chi connectivity index (χ0v) is 31.4. The highest BCUT2D eigenvalue weighted by molar-refractivity contribution is 7.89. The molecule has 2 aromatic heterocycles. The van der Waals surface area contributed by atoms with Gasteiger partial charge < -0.3 is 5.32 Å². The second-order valence-electron chi connectivity index (χ2n) is 14.8. The zero-order valence-electron chi connectivity index (χ0n) is 30.5. The maximum atomic E-state index is 14.0. The van der Waals surface area contributed by atoms with Crippen molar-refractivity contribution in [3.8, 4) is 11.8 Å². The molecule has 4 fully saturated rings. The molecule has 5 heterocycles. The molecule has 2 N–H and O–H groups in total. The standard InChI is InChI=1S/C39H43F2N9O4S/c1-47-34-22-27(6-8-33(34)37(46-47)50-20-14-35(51)45-39(50)52)26-10-16-48(17-11-26)15-2-3-28-21-31(7-9-32(28)36(40)41)55(53,54)49-18-12-30(13-19-49)44-38-42-23-29(24-43-38)25-4-5-25/h6-9,21-26,30,36H,4-5,10-20H2,1H3,(H,42,43,44)(H,45,51,52). The number of carbonyl (C=O) groups is 2. The molecule has 1 saturated carbocycles. The van der Waals surface area contributed by atoms with Crippen LogP contribution in [-0.4, -0.2) is 94.6 Å². The Hall–Kier alpha value is -4.98. The molecule has 4 aromatic rings. The van der Waals surface area contributed by atoms with E-state index in [1.54, 1.807) is 4.68 Å². The SMILES string of the molecule is Cn1nc(N2CCC(=O)NC2=O)c2ccc(C3CCN(CC#Cc4cc(S(=O)(=O)N5CCC(Nc6ncc(C7CC7)cn6)CC5)ccc4C(F)F)CC3)cc21. The Morgan fingerprint density at radius 3 is 2.33 bits per heavy atom. The van der Waals surface area contributed by atoms with E-state index in [0.717, 1.165) is 42.4 Å². The monoisotopic (exact) mass is 771 g/mol. The maximum Gasteiger partial charge on any atom is 0.329 e. The molecule has 8 rings (SSSR count). The summed E-state index contributed by atoms with van der Waals surface area (Å²) >= 11 is 0. The number of fused-ring (bicyclic) bond motifs is 1. The summed E-state index contributed by atoms with van der Waals surface area (Å²) in [5.74, 6) is 7.53. The number of rotatable bonds is 9. The molecular formula is C39H43F2N9O4S. The Balaban J connectivity index is 0.875. The van der Waals surface area contributed by atoms with Crippen LogP contribution in [-0.2, 0) is 21.9 Å². The molecule has 2 aromatic carbocycles. The van der Waals surface area contributed by atoms with Crippen LogP contribution in [0, 0.1) is 11.8 Å². The second kappa shape index (κ2) is 15.3. The summed E-state index contributed by atoms with van der Waals surface area (Å²) in [6, 6.07) is 9.41. The van der Waals surface area contributed by atoms with Crippen LogP contribution in [0.15, 0.2) is 53.7 Å². The van der Waals surface area contributed by atoms with Crippen LogP contribution in [0.4, 0.5) is 25.3 Å². The molecule has 55 heavy (non-hydrogen) atoms. The van der Waals surface area contributed by atoms with E-state index < -0.39 is 22.5 Å². The fraction of sp³-hybridized carbons (Fsp3) is 0.462. The number of hydrogen-bond acceptors (Lipinski definition) is 9. The van der Waals surface area contributed by atoms with E-state index >= 15 is 0 Å². The number of likely N-dealkylation sites (tertiary alicyclic amines) is 1. The van der Waals surface area contributed by atoms with Gasteiger partial charge in [-0.3, -0.25) is 24.6 Å². The number of halogens is 2. The molecule has 288 valence electrons. The van der Waals surface area contributed by atoms with Crippen molar-refractivity contribution in [1.29, 1.82) is 0 Å². The molecule has 3 saturated heterocycles. The number of benzene rings is 2. The first-order chi connectivity index (χ1) is 26.5. The lowest BCUT2D eigenvalue weighted by atomic mass is 9.89. The lowest BCUT2D eigenvalue weighted by Gasteiger charge is -2.31. The fourth-order valence-electron chi connectivity index (χ4n) is 7.75. The number of piperidine rings is 2. The van der Waals surface area contributed by atoms with Gasteiger partial charge in [-0.25, -0.2) is 32.0 Å². The van der Waals surface area contributed by atoms with Gasteiger partial charge in [-0.15, -0.1) is 0 Å². The molecule has 0 bridgehead atoms. The van der Waals surface area contributed by atoms with Gasteiger partial charge in [0.25, 0.3) is 6.43 Å². The Kier molecular flexibility index (Phi) is 10.3. The molecule has 3 aliphatic heterocycles. The van der Waals surface area contributed by atoms with Crippen molar-refractivity contribution in [2.45, 2.75) is 74.1 Å². The van der Waals surface area contributed by atoms with Crippen LogP contribution < -0.4 is 15.5 Å². The van der Waals surface area contributed by atoms with Gasteiger partial charge >= 0.3 is 6.03 Å². The molecule has 0 atom stereocenters. The number of nitrogens with one attached hydrogen (secondary N) is 2. The van der Waals surface area contributed by atoms with Crippen LogP contribution in [0.5, 0.6) is 0 Å². The highest BCUT2D eigenvalue weighted by Gasteiger charge is 2.32. The first-order valence-corrected chi connectivity index (χ1v) is 20.3. The number of urea groups is 1. The van der Waals surface area contributed by atoms with Gasteiger partial charge in [0.1, 0.15) is 0 Å². The average Bonchev–Trinajstić information content (AvgIpc) is 3.99. The van der Waals surface area contributed by atoms with E-state index in [4.69, 9.17) is 0 Å². The zero-order chi connectivity index (χ0) is 38.3. The Bertz CT molecular complexity index is 2270. The third-order valence-corrected chi connectivity index (χ3v) is 13.1. The highest BCUT2D eigenvalue weighted by Crippen LogP contribution is 2.39. The van der Waals surface area contributed by atoms with Gasteiger partial charge in [0.15, 0.2) is 5.82 Å². The van der Waals surface area contributed by atoms with Crippen molar-refractivity contribution >= 4 is 44.6 Å². The number of aromatic nitrogens is 4. The number of imide groups is 1. The van der Waals surface area contributed by atoms with E-state index in [0.29, 0.717) is 43.0 Å². The van der Waals surface area contributed by atoms with Gasteiger partial charge in [-0.1, -0.05) is 24.0 Å². The third-order valence-electron chi connectivity index (χ3n) is 11.2. The topological polar surface area (TPSA) is 146 Å². The predicted octanol–water partition coefficient (Wildman–Crippen LogP) is 5.12. The molecule has 13 nitrogen and oxygen atoms in total. The van der Waals surface area contributed by atoms with E-state index in [1.807, 2.05) is 25.5 Å². The van der Waals surface area contributed by atoms with E-state index in [9.17, 15) is 26.8 Å². The molecular weight excluding hydrogens is 729 g/mol. The molecule has 0 spiro atoms. The van der Waals surface area contributed by atoms with E-state index in [-0.39, 0.29) is 54.0 Å². The summed E-state index contributed by atoms with van der Waals surface area (Å²) in [6.45, 7) is 2.72. The number of amides is 3. The van der Waals surface area contributed by atoms with Crippen molar-refractivity contribution in [1.82, 2.24) is 34.3 Å². The number of aryl methyl sites for hydroxylation is 1. The van der Waals surface area contributed by atoms with Crippen LogP contribution in [0.3, 0.4) is 0 Å². The molecule has 1 aliphatic carbocycles. The molecule has 0 unspecified atom stereocenters. The minimum absolute atomic E-state index is 0.0202. The molecule has 4 aliphatic rings. The van der Waals surface area contributed by atoms with E-state index in [1.165, 1.54) is 45.8 Å². The lowest BCUT2D eigenvalue weighted by Crippen LogP contribution is -2.49. The quantitative estimate of drug-likeness (QED) is 0.222. The summed E-state index contributed by atoms with van der Waals surface area (Å²) in [4.78, 5) is 36.6. The van der Waals surface area contributed by atoms with Crippen molar-refractivity contribution in [2.24, 2.45) is 7.05 Å². The van der Waals surface area contributed by atoms with E-state index in [2.05, 4.69) is 54.6 Å². The molecule has 0 radical (unpaired) electrons. The first kappa shape index (κ1) is 37.0. The number of hydrogen-bond donors (Lipinski definition) is 2. The smallest absolute Gasteiger partial charge is 0.329 e. The van der Waals surface area contributed by atoms with Crippen molar-refractivity contribution < 1.29 is 26.8 Å². The van der Waals surface area contributed by atoms with Crippen molar-refractivity contribution in [2.75, 3.05) is 49.5 Å². The normalized spacial score (nSPS) is 19.5. The van der Waals surface area contributed by atoms with Gasteiger partial charge in [-0.2, -0.15) is 9.40 Å². The number of anilines is 2. The van der Waals surface area contributed by atoms with Gasteiger partial charge in [0.2, 0.25) is 21.9 Å². The third kappa shape index (κ3) is 7.91. The Labute approximate surface area is 318 Å². The molecule has 3 amide bonds. The number of sulfonamides is 1. The fourth-order valence-corrected chi connectivity index (χ4v) is 9.25. The predicted molar refractivity (Wildman–Crippen MR) is 202 cm³/mol. The first-order valence-electron chi connectivity index (χ1n) is 18.8. The van der Waals surface area contributed by atoms with Crippen LogP contribution in [0.2, 0.25) is 0 Å². The minimum atomic E-state index is -3.92. The summed E-state index contributed by atoms with van der Waals surface area (Å²) in [5.41, 5.74) is 2.94.